The molecule has 0 atom stereocenters. The molecule has 4 heterocycles. The van der Waals surface area contributed by atoms with E-state index in [0.29, 0.717) is 0 Å². The molecule has 4 aromatic rings. The van der Waals surface area contributed by atoms with Crippen LogP contribution >= 0.6 is 45.3 Å². The summed E-state index contributed by atoms with van der Waals surface area (Å²) in [6.45, 7) is 4.58. The summed E-state index contributed by atoms with van der Waals surface area (Å²) in [7, 11) is 0. The molecule has 0 saturated heterocycles. The number of aryl methyl sites for hydroxylation is 2. The monoisotopic (exact) mass is 586 g/mol. The highest BCUT2D eigenvalue weighted by molar-refractivity contribution is 7.31. The highest BCUT2D eigenvalue weighted by atomic mass is 32.1. The Hall–Kier alpha value is -1.08. The number of hydrogen-bond acceptors (Lipinski definition) is 6. The third-order valence-electron chi connectivity index (χ3n) is 7.46. The van der Waals surface area contributed by atoms with Crippen molar-refractivity contribution in [2.24, 2.45) is 0 Å². The Morgan fingerprint density at radius 2 is 0.868 bits per heavy atom. The van der Waals surface area contributed by atoms with Crippen LogP contribution in [-0.2, 0) is 12.8 Å². The van der Waals surface area contributed by atoms with Gasteiger partial charge in [0, 0.05) is 0 Å². The van der Waals surface area contributed by atoms with E-state index in [0.717, 1.165) is 9.66 Å². The van der Waals surface area contributed by atoms with Gasteiger partial charge in [0.2, 0.25) is 0 Å². The lowest BCUT2D eigenvalue weighted by Crippen LogP contribution is -1.87. The van der Waals surface area contributed by atoms with Gasteiger partial charge in [0.15, 0.2) is 9.66 Å². The first-order chi connectivity index (χ1) is 18.8. The molecule has 2 nitrogen and oxygen atoms in total. The first-order valence-corrected chi connectivity index (χ1v) is 18.6. The second kappa shape index (κ2) is 16.9. The van der Waals surface area contributed by atoms with E-state index in [9.17, 15) is 0 Å². The zero-order valence-corrected chi connectivity index (χ0v) is 26.8. The van der Waals surface area contributed by atoms with Crippen LogP contribution < -0.4 is 0 Å². The van der Waals surface area contributed by atoms with Crippen molar-refractivity contribution >= 4 is 55.0 Å². The van der Waals surface area contributed by atoms with Crippen molar-refractivity contribution in [3.05, 3.63) is 34.0 Å². The molecule has 0 amide bonds. The van der Waals surface area contributed by atoms with E-state index in [2.05, 4.69) is 36.7 Å². The molecule has 0 fully saturated rings. The molecule has 208 valence electrons. The van der Waals surface area contributed by atoms with Crippen LogP contribution in [0.15, 0.2) is 22.9 Å². The van der Waals surface area contributed by atoms with Gasteiger partial charge < -0.3 is 0 Å². The van der Waals surface area contributed by atoms with Gasteiger partial charge in [-0.15, -0.1) is 22.7 Å². The number of rotatable bonds is 20. The minimum Gasteiger partial charge on any atom is -0.222 e. The predicted molar refractivity (Wildman–Crippen MR) is 175 cm³/mol. The number of hydrogen-bond donors (Lipinski definition) is 0. The Kier molecular flexibility index (Phi) is 13.3. The number of nitrogens with zero attached hydrogens (tertiary/aromatic N) is 2. The average Bonchev–Trinajstić information content (AvgIpc) is 3.70. The SMILES string of the molecule is CCCCCCCCCCc1ccsc1-c1nc2sc(-c3sccc3CCCCCCCCCC)nc2s1. The van der Waals surface area contributed by atoms with Gasteiger partial charge in [-0.3, -0.25) is 0 Å². The summed E-state index contributed by atoms with van der Waals surface area (Å²) in [6.07, 6.45) is 24.3. The molecule has 0 saturated carbocycles. The molecule has 6 heteroatoms. The van der Waals surface area contributed by atoms with Gasteiger partial charge in [0.25, 0.3) is 0 Å². The van der Waals surface area contributed by atoms with Crippen molar-refractivity contribution in [3.63, 3.8) is 0 Å². The Bertz CT molecular complexity index is 1060. The summed E-state index contributed by atoms with van der Waals surface area (Å²) in [4.78, 5) is 15.1. The zero-order valence-electron chi connectivity index (χ0n) is 23.6. The molecule has 0 bridgehead atoms. The summed E-state index contributed by atoms with van der Waals surface area (Å²) in [5.74, 6) is 0. The fourth-order valence-corrected chi connectivity index (χ4v) is 9.38. The van der Waals surface area contributed by atoms with E-state index in [1.54, 1.807) is 22.7 Å². The van der Waals surface area contributed by atoms with Gasteiger partial charge in [0.1, 0.15) is 10.0 Å². The maximum atomic E-state index is 5.07. The maximum Gasteiger partial charge on any atom is 0.155 e. The van der Waals surface area contributed by atoms with E-state index in [1.807, 2.05) is 22.7 Å². The largest absolute Gasteiger partial charge is 0.222 e. The lowest BCUT2D eigenvalue weighted by Gasteiger charge is -2.03. The Morgan fingerprint density at radius 3 is 1.26 bits per heavy atom. The summed E-state index contributed by atoms with van der Waals surface area (Å²) >= 11 is 7.26. The summed E-state index contributed by atoms with van der Waals surface area (Å²) in [6, 6.07) is 4.64. The number of fused-ring (bicyclic) bond motifs is 1. The molecule has 0 aliphatic carbocycles. The molecular weight excluding hydrogens is 541 g/mol. The molecule has 0 aliphatic rings. The molecule has 4 rings (SSSR count). The van der Waals surface area contributed by atoms with Gasteiger partial charge in [-0.05, 0) is 59.7 Å². The summed E-state index contributed by atoms with van der Waals surface area (Å²) in [5.41, 5.74) is 2.96. The lowest BCUT2D eigenvalue weighted by atomic mass is 10.0. The molecule has 38 heavy (non-hydrogen) atoms. The Balaban J connectivity index is 1.27. The van der Waals surface area contributed by atoms with Crippen LogP contribution in [0.1, 0.15) is 128 Å². The van der Waals surface area contributed by atoms with Gasteiger partial charge in [-0.2, -0.15) is 0 Å². The Morgan fingerprint density at radius 1 is 0.500 bits per heavy atom. The number of thiazole rings is 2. The fraction of sp³-hybridized carbons (Fsp3) is 0.625. The second-order valence-corrected chi connectivity index (χ2v) is 14.4. The first-order valence-electron chi connectivity index (χ1n) is 15.2. The summed E-state index contributed by atoms with van der Waals surface area (Å²) < 4.78 is 0. The number of unbranched alkanes of at least 4 members (excludes halogenated alkanes) is 14. The molecule has 0 spiro atoms. The van der Waals surface area contributed by atoms with E-state index in [1.165, 1.54) is 146 Å². The number of thiophene rings is 2. The van der Waals surface area contributed by atoms with Gasteiger partial charge >= 0.3 is 0 Å². The van der Waals surface area contributed by atoms with Gasteiger partial charge in [-0.1, -0.05) is 126 Å². The zero-order chi connectivity index (χ0) is 26.4. The van der Waals surface area contributed by atoms with E-state index < -0.39 is 0 Å². The Labute approximate surface area is 247 Å². The van der Waals surface area contributed by atoms with Crippen molar-refractivity contribution in [2.75, 3.05) is 0 Å². The highest BCUT2D eigenvalue weighted by Crippen LogP contribution is 2.41. The smallest absolute Gasteiger partial charge is 0.155 e. The van der Waals surface area contributed by atoms with Crippen LogP contribution in [0, 0.1) is 0 Å². The highest BCUT2D eigenvalue weighted by Gasteiger charge is 2.18. The fourth-order valence-electron chi connectivity index (χ4n) is 5.18. The van der Waals surface area contributed by atoms with Crippen LogP contribution in [0.5, 0.6) is 0 Å². The normalized spacial score (nSPS) is 11.7. The molecule has 0 N–H and O–H groups in total. The minimum atomic E-state index is 1.11. The summed E-state index contributed by atoms with van der Waals surface area (Å²) in [5, 5.41) is 6.82. The quantitative estimate of drug-likeness (QED) is 0.0962. The van der Waals surface area contributed by atoms with E-state index in [4.69, 9.17) is 9.97 Å². The van der Waals surface area contributed by atoms with Crippen LogP contribution in [0.2, 0.25) is 0 Å². The standard InChI is InChI=1S/C32H46N2S4/c1-3-5-7-9-11-13-15-17-19-25-21-23-35-27(25)29-33-31-32(37-29)34-30(38-31)28-26(22-24-36-28)20-18-16-14-12-10-8-6-4-2/h21-24H,3-20H2,1-2H3. The van der Waals surface area contributed by atoms with Crippen molar-refractivity contribution in [3.8, 4) is 19.8 Å². The van der Waals surface area contributed by atoms with E-state index in [-0.39, 0.29) is 0 Å². The predicted octanol–water partition coefficient (Wildman–Crippen LogP) is 12.6. The lowest BCUT2D eigenvalue weighted by molar-refractivity contribution is 0.576. The van der Waals surface area contributed by atoms with Gasteiger partial charge in [-0.25, -0.2) is 9.97 Å². The molecule has 0 unspecified atom stereocenters. The van der Waals surface area contributed by atoms with Crippen LogP contribution in [-0.4, -0.2) is 9.97 Å². The third kappa shape index (κ3) is 8.97. The first kappa shape index (κ1) is 29.9. The van der Waals surface area contributed by atoms with E-state index >= 15 is 0 Å². The van der Waals surface area contributed by atoms with Crippen molar-refractivity contribution in [2.45, 2.75) is 129 Å². The van der Waals surface area contributed by atoms with Crippen molar-refractivity contribution in [1.82, 2.24) is 9.97 Å². The van der Waals surface area contributed by atoms with Crippen LogP contribution in [0.3, 0.4) is 0 Å². The average molecular weight is 587 g/mol. The van der Waals surface area contributed by atoms with Crippen LogP contribution in [0.4, 0.5) is 0 Å². The van der Waals surface area contributed by atoms with Crippen molar-refractivity contribution < 1.29 is 0 Å². The van der Waals surface area contributed by atoms with Gasteiger partial charge in [0.05, 0.1) is 9.75 Å². The topological polar surface area (TPSA) is 25.8 Å². The van der Waals surface area contributed by atoms with Crippen LogP contribution in [0.25, 0.3) is 29.4 Å². The second-order valence-electron chi connectivity index (χ2n) is 10.6. The third-order valence-corrected chi connectivity index (χ3v) is 11.7. The molecule has 0 aliphatic heterocycles. The van der Waals surface area contributed by atoms with Crippen molar-refractivity contribution in [1.29, 1.82) is 0 Å². The molecule has 4 aromatic heterocycles. The molecular formula is C32H46N2S4. The number of aromatic nitrogens is 2. The molecule has 0 radical (unpaired) electrons. The molecule has 0 aromatic carbocycles. The maximum absolute atomic E-state index is 5.07. The minimum absolute atomic E-state index is 1.11.